The van der Waals surface area contributed by atoms with Gasteiger partial charge in [-0.3, -0.25) is 14.4 Å². The molecule has 148 valence electrons. The third-order valence-corrected chi connectivity index (χ3v) is 4.94. The van der Waals surface area contributed by atoms with Crippen LogP contribution in [0.4, 0.5) is 5.69 Å². The number of carboxylic acids is 1. The minimum atomic E-state index is -1.07. The van der Waals surface area contributed by atoms with E-state index in [0.29, 0.717) is 16.8 Å². The first-order valence-electron chi connectivity index (χ1n) is 9.45. The second kappa shape index (κ2) is 8.73. The quantitative estimate of drug-likeness (QED) is 0.706. The van der Waals surface area contributed by atoms with Gasteiger partial charge in [-0.15, -0.1) is 0 Å². The Morgan fingerprint density at radius 2 is 1.75 bits per heavy atom. The van der Waals surface area contributed by atoms with Crippen molar-refractivity contribution in [3.63, 3.8) is 0 Å². The lowest BCUT2D eigenvalue weighted by Crippen LogP contribution is -2.36. The number of carbonyl (C=O) groups excluding carboxylic acids is 2. The van der Waals surface area contributed by atoms with Gasteiger partial charge in [-0.05, 0) is 44.0 Å². The van der Waals surface area contributed by atoms with E-state index in [-0.39, 0.29) is 29.7 Å². The van der Waals surface area contributed by atoms with E-state index in [1.165, 1.54) is 12.7 Å². The first-order chi connectivity index (χ1) is 13.4. The Balaban J connectivity index is 1.64. The van der Waals surface area contributed by atoms with Gasteiger partial charge in [0.25, 0.3) is 11.8 Å². The molecule has 0 atom stereocenters. The molecule has 7 heteroatoms. The van der Waals surface area contributed by atoms with Crippen molar-refractivity contribution in [1.82, 2.24) is 5.32 Å². The largest absolute Gasteiger partial charge is 0.481 e. The van der Waals surface area contributed by atoms with Crippen molar-refractivity contribution in [2.45, 2.75) is 51.5 Å². The van der Waals surface area contributed by atoms with E-state index < -0.39 is 11.9 Å². The summed E-state index contributed by atoms with van der Waals surface area (Å²) in [6, 6.07) is 6.86. The maximum absolute atomic E-state index is 12.5. The predicted molar refractivity (Wildman–Crippen MR) is 104 cm³/mol. The zero-order valence-corrected chi connectivity index (χ0v) is 15.8. The van der Waals surface area contributed by atoms with Crippen LogP contribution in [-0.4, -0.2) is 28.9 Å². The van der Waals surface area contributed by atoms with Crippen LogP contribution in [0, 0.1) is 6.92 Å². The van der Waals surface area contributed by atoms with Crippen molar-refractivity contribution >= 4 is 23.5 Å². The van der Waals surface area contributed by atoms with Gasteiger partial charge in [0.1, 0.15) is 12.2 Å². The molecule has 0 aliphatic heterocycles. The standard InChI is InChI=1S/C21H24N2O5/c1-13-12-28-17(11-18(24)25)19(13)21(27)23-16-9-7-14(8-10-16)20(26)22-15-5-3-2-4-6-15/h7-10,12,15H,2-6,11H2,1H3,(H,22,26)(H,23,27)(H,24,25). The first-order valence-corrected chi connectivity index (χ1v) is 9.45. The Morgan fingerprint density at radius 3 is 2.39 bits per heavy atom. The molecule has 1 aliphatic carbocycles. The van der Waals surface area contributed by atoms with Gasteiger partial charge in [-0.25, -0.2) is 0 Å². The van der Waals surface area contributed by atoms with Crippen molar-refractivity contribution in [3.8, 4) is 0 Å². The number of rotatable bonds is 6. The number of carbonyl (C=O) groups is 3. The minimum absolute atomic E-state index is 0.112. The number of anilines is 1. The molecule has 0 bridgehead atoms. The van der Waals surface area contributed by atoms with Crippen LogP contribution in [0.25, 0.3) is 0 Å². The molecule has 1 aromatic carbocycles. The van der Waals surface area contributed by atoms with Crippen LogP contribution in [0.5, 0.6) is 0 Å². The summed E-state index contributed by atoms with van der Waals surface area (Å²) in [6.07, 6.45) is 6.56. The highest BCUT2D eigenvalue weighted by Gasteiger charge is 2.21. The number of hydrogen-bond donors (Lipinski definition) is 3. The van der Waals surface area contributed by atoms with Crippen LogP contribution in [0.15, 0.2) is 34.9 Å². The first kappa shape index (κ1) is 19.7. The maximum atomic E-state index is 12.5. The van der Waals surface area contributed by atoms with Gasteiger partial charge in [0.05, 0.1) is 11.8 Å². The average Bonchev–Trinajstić information content (AvgIpc) is 3.02. The summed E-state index contributed by atoms with van der Waals surface area (Å²) >= 11 is 0. The fourth-order valence-electron chi connectivity index (χ4n) is 3.48. The molecule has 7 nitrogen and oxygen atoms in total. The highest BCUT2D eigenvalue weighted by atomic mass is 16.4. The molecule has 2 aromatic rings. The molecule has 1 heterocycles. The Labute approximate surface area is 163 Å². The van der Waals surface area contributed by atoms with Gasteiger partial charge in [0.15, 0.2) is 0 Å². The van der Waals surface area contributed by atoms with E-state index >= 15 is 0 Å². The van der Waals surface area contributed by atoms with E-state index in [2.05, 4.69) is 10.6 Å². The van der Waals surface area contributed by atoms with Gasteiger partial charge in [0, 0.05) is 22.9 Å². The van der Waals surface area contributed by atoms with Crippen molar-refractivity contribution in [2.24, 2.45) is 0 Å². The van der Waals surface area contributed by atoms with Crippen LogP contribution in [0.1, 0.15) is 64.1 Å². The molecule has 0 radical (unpaired) electrons. The summed E-state index contributed by atoms with van der Waals surface area (Å²) in [7, 11) is 0. The minimum Gasteiger partial charge on any atom is -0.481 e. The number of aliphatic carboxylic acids is 1. The monoisotopic (exact) mass is 384 g/mol. The lowest BCUT2D eigenvalue weighted by molar-refractivity contribution is -0.136. The fourth-order valence-corrected chi connectivity index (χ4v) is 3.48. The third-order valence-electron chi connectivity index (χ3n) is 4.94. The molecular formula is C21H24N2O5. The maximum Gasteiger partial charge on any atom is 0.311 e. The SMILES string of the molecule is Cc1coc(CC(=O)O)c1C(=O)Nc1ccc(C(=O)NC2CCCCC2)cc1. The average molecular weight is 384 g/mol. The van der Waals surface area contributed by atoms with Crippen LogP contribution < -0.4 is 10.6 Å². The lowest BCUT2D eigenvalue weighted by Gasteiger charge is -2.22. The Bertz CT molecular complexity index is 863. The van der Waals surface area contributed by atoms with Crippen LogP contribution in [0.2, 0.25) is 0 Å². The molecule has 0 unspecified atom stereocenters. The van der Waals surface area contributed by atoms with E-state index in [9.17, 15) is 14.4 Å². The summed E-state index contributed by atoms with van der Waals surface area (Å²) in [4.78, 5) is 35.8. The Kier molecular flexibility index (Phi) is 6.13. The molecule has 28 heavy (non-hydrogen) atoms. The molecule has 0 saturated heterocycles. The smallest absolute Gasteiger partial charge is 0.311 e. The van der Waals surface area contributed by atoms with E-state index in [1.807, 2.05) is 0 Å². The zero-order chi connectivity index (χ0) is 20.1. The molecule has 3 N–H and O–H groups in total. The Hall–Kier alpha value is -3.09. The number of furan rings is 1. The molecule has 1 saturated carbocycles. The number of aryl methyl sites for hydroxylation is 1. The third kappa shape index (κ3) is 4.79. The highest BCUT2D eigenvalue weighted by Crippen LogP contribution is 2.21. The lowest BCUT2D eigenvalue weighted by atomic mass is 9.95. The summed E-state index contributed by atoms with van der Waals surface area (Å²) in [5.74, 6) is -1.51. The summed E-state index contributed by atoms with van der Waals surface area (Å²) in [5.41, 5.74) is 1.84. The van der Waals surface area contributed by atoms with Gasteiger partial charge >= 0.3 is 5.97 Å². The highest BCUT2D eigenvalue weighted by molar-refractivity contribution is 6.06. The molecule has 3 rings (SSSR count). The van der Waals surface area contributed by atoms with Crippen molar-refractivity contribution in [3.05, 3.63) is 53.0 Å². The van der Waals surface area contributed by atoms with E-state index in [4.69, 9.17) is 9.52 Å². The summed E-state index contributed by atoms with van der Waals surface area (Å²) in [5, 5.41) is 14.7. The molecule has 0 spiro atoms. The molecule has 2 amide bonds. The van der Waals surface area contributed by atoms with Gasteiger partial charge < -0.3 is 20.2 Å². The number of benzene rings is 1. The summed E-state index contributed by atoms with van der Waals surface area (Å²) < 4.78 is 5.19. The number of hydrogen-bond acceptors (Lipinski definition) is 4. The van der Waals surface area contributed by atoms with Crippen LogP contribution in [-0.2, 0) is 11.2 Å². The zero-order valence-electron chi connectivity index (χ0n) is 15.8. The van der Waals surface area contributed by atoms with Gasteiger partial charge in [0.2, 0.25) is 0 Å². The number of nitrogens with one attached hydrogen (secondary N) is 2. The fraction of sp³-hybridized carbons (Fsp3) is 0.381. The molecule has 1 aliphatic rings. The Morgan fingerprint density at radius 1 is 1.07 bits per heavy atom. The summed E-state index contributed by atoms with van der Waals surface area (Å²) in [6.45, 7) is 1.68. The van der Waals surface area contributed by atoms with Crippen LogP contribution >= 0.6 is 0 Å². The normalized spacial score (nSPS) is 14.5. The second-order valence-electron chi connectivity index (χ2n) is 7.13. The number of carboxylic acid groups (broad SMARTS) is 1. The van der Waals surface area contributed by atoms with Gasteiger partial charge in [-0.2, -0.15) is 0 Å². The van der Waals surface area contributed by atoms with Crippen molar-refractivity contribution < 1.29 is 23.9 Å². The molecular weight excluding hydrogens is 360 g/mol. The molecule has 1 fully saturated rings. The van der Waals surface area contributed by atoms with E-state index in [0.717, 1.165) is 25.7 Å². The van der Waals surface area contributed by atoms with E-state index in [1.54, 1.807) is 31.2 Å². The van der Waals surface area contributed by atoms with Crippen molar-refractivity contribution in [1.29, 1.82) is 0 Å². The van der Waals surface area contributed by atoms with Gasteiger partial charge in [-0.1, -0.05) is 19.3 Å². The predicted octanol–water partition coefficient (Wildman–Crippen LogP) is 3.53. The topological polar surface area (TPSA) is 109 Å². The second-order valence-corrected chi connectivity index (χ2v) is 7.13. The number of amides is 2. The van der Waals surface area contributed by atoms with Crippen LogP contribution in [0.3, 0.4) is 0 Å². The van der Waals surface area contributed by atoms with Crippen molar-refractivity contribution in [2.75, 3.05) is 5.32 Å². The molecule has 1 aromatic heterocycles.